The van der Waals surface area contributed by atoms with Gasteiger partial charge in [0.1, 0.15) is 0 Å². The zero-order valence-electron chi connectivity index (χ0n) is 12.8. The van der Waals surface area contributed by atoms with Gasteiger partial charge in [0.15, 0.2) is 11.6 Å². The molecule has 0 saturated heterocycles. The fourth-order valence-corrected chi connectivity index (χ4v) is 2.64. The summed E-state index contributed by atoms with van der Waals surface area (Å²) in [7, 11) is 0. The van der Waals surface area contributed by atoms with Crippen molar-refractivity contribution in [2.24, 2.45) is 0 Å². The lowest BCUT2D eigenvalue weighted by Crippen LogP contribution is -2.15. The average molecular weight is 314 g/mol. The summed E-state index contributed by atoms with van der Waals surface area (Å²) in [6.45, 7) is 0. The highest BCUT2D eigenvalue weighted by Gasteiger charge is 2.21. The highest BCUT2D eigenvalue weighted by Crippen LogP contribution is 2.16. The van der Waals surface area contributed by atoms with Crippen LogP contribution in [0, 0.1) is 0 Å². The molecule has 0 atom stereocenters. The molecule has 0 unspecified atom stereocenters. The molecule has 0 amide bonds. The number of carbonyl (C=O) groups excluding carboxylic acids is 1. The zero-order valence-corrected chi connectivity index (χ0v) is 12.8. The van der Waals surface area contributed by atoms with E-state index in [0.717, 1.165) is 11.4 Å². The Morgan fingerprint density at radius 3 is 1.50 bits per heavy atom. The molecule has 24 heavy (non-hydrogen) atoms. The van der Waals surface area contributed by atoms with Gasteiger partial charge in [-0.05, 0) is 24.3 Å². The van der Waals surface area contributed by atoms with Crippen LogP contribution in [0.25, 0.3) is 11.4 Å². The summed E-state index contributed by atoms with van der Waals surface area (Å²) in [6, 6.07) is 19.3. The molecule has 2 heterocycles. The van der Waals surface area contributed by atoms with Crippen molar-refractivity contribution in [3.63, 3.8) is 0 Å². The van der Waals surface area contributed by atoms with Gasteiger partial charge < -0.3 is 0 Å². The predicted molar refractivity (Wildman–Crippen MR) is 90.6 cm³/mol. The van der Waals surface area contributed by atoms with Gasteiger partial charge in [-0.25, -0.2) is 9.97 Å². The Morgan fingerprint density at radius 2 is 1.08 bits per heavy atom. The second-order valence-electron chi connectivity index (χ2n) is 5.24. The van der Waals surface area contributed by atoms with Crippen LogP contribution in [0.5, 0.6) is 0 Å². The van der Waals surface area contributed by atoms with E-state index in [1.807, 2.05) is 60.7 Å². The van der Waals surface area contributed by atoms with Crippen LogP contribution in [-0.4, -0.2) is 24.9 Å². The summed E-state index contributed by atoms with van der Waals surface area (Å²) in [5.41, 5.74) is 1.77. The average Bonchev–Trinajstić information content (AvgIpc) is 3.32. The van der Waals surface area contributed by atoms with E-state index in [9.17, 15) is 4.79 Å². The topological polar surface area (TPSA) is 52.7 Å². The molecule has 0 radical (unpaired) electrons. The number of benzene rings is 2. The van der Waals surface area contributed by atoms with E-state index in [2.05, 4.69) is 9.97 Å². The minimum Gasteiger partial charge on any atom is -0.297 e. The van der Waals surface area contributed by atoms with Crippen LogP contribution in [0.1, 0.15) is 16.4 Å². The van der Waals surface area contributed by atoms with Gasteiger partial charge in [-0.1, -0.05) is 36.4 Å². The summed E-state index contributed by atoms with van der Waals surface area (Å²) < 4.78 is 3.54. The minimum atomic E-state index is -0.224. The summed E-state index contributed by atoms with van der Waals surface area (Å²) >= 11 is 0. The fourth-order valence-electron chi connectivity index (χ4n) is 2.64. The van der Waals surface area contributed by atoms with E-state index in [1.54, 1.807) is 33.9 Å². The van der Waals surface area contributed by atoms with Gasteiger partial charge >= 0.3 is 0 Å². The third-order valence-electron chi connectivity index (χ3n) is 3.76. The molecule has 2 aromatic heterocycles. The number of carbonyl (C=O) groups is 1. The van der Waals surface area contributed by atoms with Crippen LogP contribution in [0.2, 0.25) is 0 Å². The number of imidazole rings is 2. The van der Waals surface area contributed by atoms with E-state index in [1.165, 1.54) is 0 Å². The maximum Gasteiger partial charge on any atom is 0.264 e. The number of hydrogen-bond acceptors (Lipinski definition) is 3. The molecule has 0 aliphatic heterocycles. The molecule has 0 aliphatic carbocycles. The van der Waals surface area contributed by atoms with Crippen molar-refractivity contribution in [1.29, 1.82) is 0 Å². The molecule has 0 saturated carbocycles. The van der Waals surface area contributed by atoms with Crippen molar-refractivity contribution in [2.75, 3.05) is 0 Å². The summed E-state index contributed by atoms with van der Waals surface area (Å²) in [5.74, 6) is 0.451. The first kappa shape index (κ1) is 14.1. The Kier molecular flexibility index (Phi) is 3.51. The molecule has 5 heteroatoms. The first-order valence-corrected chi connectivity index (χ1v) is 7.57. The molecule has 0 N–H and O–H groups in total. The smallest absolute Gasteiger partial charge is 0.264 e. The zero-order chi connectivity index (χ0) is 16.4. The van der Waals surface area contributed by atoms with Crippen molar-refractivity contribution in [3.8, 4) is 11.4 Å². The van der Waals surface area contributed by atoms with Gasteiger partial charge in [-0.2, -0.15) is 0 Å². The SMILES string of the molecule is O=C(c1nccn1-c1ccccc1)c1nccn1-c1ccccc1. The van der Waals surface area contributed by atoms with Crippen LogP contribution >= 0.6 is 0 Å². The maximum atomic E-state index is 13.0. The largest absolute Gasteiger partial charge is 0.297 e. The van der Waals surface area contributed by atoms with Crippen molar-refractivity contribution < 1.29 is 4.79 Å². The van der Waals surface area contributed by atoms with Crippen LogP contribution < -0.4 is 0 Å². The number of nitrogens with zero attached hydrogens (tertiary/aromatic N) is 4. The third-order valence-corrected chi connectivity index (χ3v) is 3.76. The highest BCUT2D eigenvalue weighted by atomic mass is 16.1. The van der Waals surface area contributed by atoms with Crippen LogP contribution in [0.15, 0.2) is 85.5 Å². The Balaban J connectivity index is 1.78. The fraction of sp³-hybridized carbons (Fsp3) is 0. The summed E-state index contributed by atoms with van der Waals surface area (Å²) in [5, 5.41) is 0. The molecule has 2 aromatic carbocycles. The molecular weight excluding hydrogens is 300 g/mol. The quantitative estimate of drug-likeness (QED) is 0.543. The van der Waals surface area contributed by atoms with Crippen LogP contribution in [0.4, 0.5) is 0 Å². The van der Waals surface area contributed by atoms with E-state index in [0.29, 0.717) is 11.6 Å². The van der Waals surface area contributed by atoms with Crippen molar-refractivity contribution in [1.82, 2.24) is 19.1 Å². The van der Waals surface area contributed by atoms with E-state index in [4.69, 9.17) is 0 Å². The van der Waals surface area contributed by atoms with E-state index < -0.39 is 0 Å². The molecule has 4 aromatic rings. The molecule has 0 bridgehead atoms. The predicted octanol–water partition coefficient (Wildman–Crippen LogP) is 3.29. The monoisotopic (exact) mass is 314 g/mol. The van der Waals surface area contributed by atoms with Gasteiger partial charge in [0, 0.05) is 36.2 Å². The standard InChI is InChI=1S/C19H14N4O/c24-17(18-20-11-13-22(18)15-7-3-1-4-8-15)19-21-12-14-23(19)16-9-5-2-6-10-16/h1-14H. The lowest BCUT2D eigenvalue weighted by atomic mass is 10.2. The molecule has 5 nitrogen and oxygen atoms in total. The van der Waals surface area contributed by atoms with Crippen molar-refractivity contribution in [3.05, 3.63) is 97.1 Å². The second kappa shape index (κ2) is 5.96. The van der Waals surface area contributed by atoms with E-state index >= 15 is 0 Å². The van der Waals surface area contributed by atoms with Gasteiger partial charge in [-0.3, -0.25) is 13.9 Å². The second-order valence-corrected chi connectivity index (χ2v) is 5.24. The minimum absolute atomic E-state index is 0.224. The van der Waals surface area contributed by atoms with Gasteiger partial charge in [0.2, 0.25) is 0 Å². The highest BCUT2D eigenvalue weighted by molar-refractivity contribution is 6.05. The lowest BCUT2D eigenvalue weighted by Gasteiger charge is -2.09. The lowest BCUT2D eigenvalue weighted by molar-refractivity contribution is 0.101. The molecule has 0 fully saturated rings. The molecule has 0 aliphatic rings. The maximum absolute atomic E-state index is 13.0. The van der Waals surface area contributed by atoms with Crippen LogP contribution in [0.3, 0.4) is 0 Å². The number of ketones is 1. The van der Waals surface area contributed by atoms with Gasteiger partial charge in [-0.15, -0.1) is 0 Å². The summed E-state index contributed by atoms with van der Waals surface area (Å²) in [4.78, 5) is 21.5. The first-order valence-electron chi connectivity index (χ1n) is 7.57. The Bertz CT molecular complexity index is 891. The number of aromatic nitrogens is 4. The van der Waals surface area contributed by atoms with Crippen molar-refractivity contribution in [2.45, 2.75) is 0 Å². The number of hydrogen-bond donors (Lipinski definition) is 0. The van der Waals surface area contributed by atoms with Gasteiger partial charge in [0.25, 0.3) is 5.78 Å². The number of para-hydroxylation sites is 2. The molecule has 0 spiro atoms. The van der Waals surface area contributed by atoms with Crippen molar-refractivity contribution >= 4 is 5.78 Å². The Morgan fingerprint density at radius 1 is 0.667 bits per heavy atom. The Hall–Kier alpha value is -3.47. The van der Waals surface area contributed by atoms with E-state index in [-0.39, 0.29) is 5.78 Å². The van der Waals surface area contributed by atoms with Crippen LogP contribution in [-0.2, 0) is 0 Å². The molecule has 116 valence electrons. The summed E-state index contributed by atoms with van der Waals surface area (Å²) in [6.07, 6.45) is 6.79. The molecule has 4 rings (SSSR count). The molecular formula is C19H14N4O. The Labute approximate surface area is 138 Å². The van der Waals surface area contributed by atoms with Gasteiger partial charge in [0.05, 0.1) is 0 Å². The normalized spacial score (nSPS) is 10.7. The number of rotatable bonds is 4. The first-order chi connectivity index (χ1) is 11.8. The third kappa shape index (κ3) is 2.42.